The van der Waals surface area contributed by atoms with Gasteiger partial charge in [0.2, 0.25) is 0 Å². The molecule has 0 heterocycles. The van der Waals surface area contributed by atoms with Crippen LogP contribution in [0.1, 0.15) is 11.1 Å². The Morgan fingerprint density at radius 1 is 1.09 bits per heavy atom. The number of alkyl carbamates (subject to hydrolysis) is 1. The molecule has 2 rings (SSSR count). The van der Waals surface area contributed by atoms with E-state index in [1.807, 2.05) is 60.7 Å². The van der Waals surface area contributed by atoms with Crippen molar-refractivity contribution in [3.8, 4) is 6.07 Å². The van der Waals surface area contributed by atoms with Gasteiger partial charge in [-0.1, -0.05) is 60.7 Å². The lowest BCUT2D eigenvalue weighted by atomic mass is 10.0. The minimum atomic E-state index is -1.31. The summed E-state index contributed by atoms with van der Waals surface area (Å²) in [5, 5.41) is 21.2. The van der Waals surface area contributed by atoms with Crippen LogP contribution in [0.2, 0.25) is 0 Å². The molecule has 0 aliphatic carbocycles. The third-order valence-corrected chi connectivity index (χ3v) is 3.33. The van der Waals surface area contributed by atoms with Crippen molar-refractivity contribution in [1.29, 1.82) is 5.26 Å². The lowest BCUT2D eigenvalue weighted by molar-refractivity contribution is 0.119. The fourth-order valence-electron chi connectivity index (χ4n) is 2.12. The van der Waals surface area contributed by atoms with E-state index in [0.29, 0.717) is 6.42 Å². The van der Waals surface area contributed by atoms with Gasteiger partial charge >= 0.3 is 6.09 Å². The summed E-state index contributed by atoms with van der Waals surface area (Å²) in [6.45, 7) is 0.132. The highest BCUT2D eigenvalue weighted by Crippen LogP contribution is 2.07. The zero-order chi connectivity index (χ0) is 16.5. The van der Waals surface area contributed by atoms with Crippen LogP contribution in [0, 0.1) is 11.3 Å². The molecule has 1 amide bonds. The maximum absolute atomic E-state index is 11.9. The van der Waals surface area contributed by atoms with E-state index in [0.717, 1.165) is 11.1 Å². The molecule has 0 aliphatic rings. The van der Waals surface area contributed by atoms with Crippen molar-refractivity contribution in [3.63, 3.8) is 0 Å². The number of nitrogens with one attached hydrogen (secondary N) is 1. The second-order valence-corrected chi connectivity index (χ2v) is 5.08. The smallest absolute Gasteiger partial charge is 0.407 e. The predicted octanol–water partition coefficient (Wildman–Crippen LogP) is 2.41. The van der Waals surface area contributed by atoms with Gasteiger partial charge in [0.05, 0.1) is 12.1 Å². The van der Waals surface area contributed by atoms with Gasteiger partial charge in [-0.05, 0) is 17.5 Å². The first-order chi connectivity index (χ1) is 11.2. The predicted molar refractivity (Wildman–Crippen MR) is 85.3 cm³/mol. The zero-order valence-corrected chi connectivity index (χ0v) is 12.6. The largest absolute Gasteiger partial charge is 0.445 e. The molecule has 0 radical (unpaired) electrons. The molecule has 118 valence electrons. The lowest BCUT2D eigenvalue weighted by Gasteiger charge is -2.19. The molecule has 5 nitrogen and oxygen atoms in total. The van der Waals surface area contributed by atoms with E-state index in [9.17, 15) is 9.90 Å². The van der Waals surface area contributed by atoms with E-state index < -0.39 is 18.2 Å². The van der Waals surface area contributed by atoms with E-state index in [-0.39, 0.29) is 6.61 Å². The molecule has 0 unspecified atom stereocenters. The summed E-state index contributed by atoms with van der Waals surface area (Å²) in [6.07, 6.45) is -1.63. The van der Waals surface area contributed by atoms with E-state index in [2.05, 4.69) is 5.32 Å². The van der Waals surface area contributed by atoms with Crippen LogP contribution in [0.25, 0.3) is 0 Å². The number of ether oxygens (including phenoxy) is 1. The van der Waals surface area contributed by atoms with Crippen molar-refractivity contribution >= 4 is 6.09 Å². The van der Waals surface area contributed by atoms with Gasteiger partial charge in [0.25, 0.3) is 0 Å². The Morgan fingerprint density at radius 2 is 1.65 bits per heavy atom. The van der Waals surface area contributed by atoms with Crippen molar-refractivity contribution in [1.82, 2.24) is 5.32 Å². The number of nitriles is 1. The monoisotopic (exact) mass is 310 g/mol. The van der Waals surface area contributed by atoms with Gasteiger partial charge in [0, 0.05) is 0 Å². The molecule has 0 fully saturated rings. The van der Waals surface area contributed by atoms with Crippen molar-refractivity contribution in [2.24, 2.45) is 0 Å². The second kappa shape index (κ2) is 8.57. The van der Waals surface area contributed by atoms with Crippen LogP contribution in [0.15, 0.2) is 60.7 Å². The van der Waals surface area contributed by atoms with Gasteiger partial charge in [0.15, 0.2) is 6.10 Å². The Bertz CT molecular complexity index is 653. The van der Waals surface area contributed by atoms with Crippen molar-refractivity contribution in [2.45, 2.75) is 25.2 Å². The average Bonchev–Trinajstić information content (AvgIpc) is 2.60. The van der Waals surface area contributed by atoms with Crippen LogP contribution >= 0.6 is 0 Å². The number of amides is 1. The van der Waals surface area contributed by atoms with Crippen LogP contribution in [-0.2, 0) is 17.8 Å². The van der Waals surface area contributed by atoms with Crippen LogP contribution in [-0.4, -0.2) is 23.3 Å². The van der Waals surface area contributed by atoms with E-state index in [1.54, 1.807) is 6.07 Å². The molecule has 0 aromatic heterocycles. The fraction of sp³-hybridized carbons (Fsp3) is 0.222. The van der Waals surface area contributed by atoms with Crippen molar-refractivity contribution in [2.75, 3.05) is 0 Å². The van der Waals surface area contributed by atoms with Gasteiger partial charge in [-0.3, -0.25) is 0 Å². The number of carbonyl (C=O) groups excluding carboxylic acids is 1. The number of aliphatic hydroxyl groups excluding tert-OH is 1. The molecule has 2 aromatic rings. The Morgan fingerprint density at radius 3 is 2.22 bits per heavy atom. The Kier molecular flexibility index (Phi) is 6.16. The maximum atomic E-state index is 11.9. The van der Waals surface area contributed by atoms with E-state index in [4.69, 9.17) is 10.00 Å². The summed E-state index contributed by atoms with van der Waals surface area (Å²) >= 11 is 0. The Labute approximate surface area is 135 Å². The maximum Gasteiger partial charge on any atom is 0.407 e. The highest BCUT2D eigenvalue weighted by atomic mass is 16.5. The summed E-state index contributed by atoms with van der Waals surface area (Å²) in [5.74, 6) is 0. The first-order valence-electron chi connectivity index (χ1n) is 7.28. The number of hydrogen-bond donors (Lipinski definition) is 2. The number of hydrogen-bond acceptors (Lipinski definition) is 4. The van der Waals surface area contributed by atoms with Crippen LogP contribution < -0.4 is 5.32 Å². The molecular weight excluding hydrogens is 292 g/mol. The topological polar surface area (TPSA) is 82.4 Å². The summed E-state index contributed by atoms with van der Waals surface area (Å²) < 4.78 is 5.12. The highest BCUT2D eigenvalue weighted by Gasteiger charge is 2.22. The number of carbonyl (C=O) groups is 1. The summed E-state index contributed by atoms with van der Waals surface area (Å²) in [4.78, 5) is 11.9. The lowest BCUT2D eigenvalue weighted by Crippen LogP contribution is -2.44. The standard InChI is InChI=1S/C18H18N2O3/c19-12-17(21)16(11-14-7-3-1-4-8-14)20-18(22)23-13-15-9-5-2-6-10-15/h1-10,16-17,21H,11,13H2,(H,20,22)/t16-,17-/m1/s1. The highest BCUT2D eigenvalue weighted by molar-refractivity contribution is 5.67. The molecule has 0 aliphatic heterocycles. The molecule has 23 heavy (non-hydrogen) atoms. The normalized spacial score (nSPS) is 12.7. The SMILES string of the molecule is N#C[C@@H](O)[C@@H](Cc1ccccc1)NC(=O)OCc1ccccc1. The Balaban J connectivity index is 1.92. The number of aliphatic hydroxyl groups is 1. The molecule has 2 N–H and O–H groups in total. The summed E-state index contributed by atoms with van der Waals surface area (Å²) in [5.41, 5.74) is 1.78. The van der Waals surface area contributed by atoms with E-state index >= 15 is 0 Å². The molecule has 0 spiro atoms. The van der Waals surface area contributed by atoms with Gasteiger partial charge < -0.3 is 15.2 Å². The summed E-state index contributed by atoms with van der Waals surface area (Å²) in [6, 6.07) is 19.6. The van der Waals surface area contributed by atoms with Crippen LogP contribution in [0.4, 0.5) is 4.79 Å². The third kappa shape index (κ3) is 5.46. The van der Waals surface area contributed by atoms with Crippen LogP contribution in [0.5, 0.6) is 0 Å². The molecule has 0 saturated heterocycles. The fourth-order valence-corrected chi connectivity index (χ4v) is 2.12. The molecule has 0 saturated carbocycles. The van der Waals surface area contributed by atoms with Gasteiger partial charge in [-0.2, -0.15) is 5.26 Å². The van der Waals surface area contributed by atoms with Gasteiger partial charge in [-0.15, -0.1) is 0 Å². The van der Waals surface area contributed by atoms with Crippen LogP contribution in [0.3, 0.4) is 0 Å². The second-order valence-electron chi connectivity index (χ2n) is 5.08. The number of rotatable bonds is 6. The Hall–Kier alpha value is -2.84. The van der Waals surface area contributed by atoms with Gasteiger partial charge in [0.1, 0.15) is 6.61 Å². The molecule has 5 heteroatoms. The molecule has 2 aromatic carbocycles. The number of nitrogens with zero attached hydrogens (tertiary/aromatic N) is 1. The minimum Gasteiger partial charge on any atom is -0.445 e. The third-order valence-electron chi connectivity index (χ3n) is 3.33. The molecule has 2 atom stereocenters. The average molecular weight is 310 g/mol. The minimum absolute atomic E-state index is 0.132. The quantitative estimate of drug-likeness (QED) is 0.803. The first kappa shape index (κ1) is 16.5. The van der Waals surface area contributed by atoms with Crippen molar-refractivity contribution < 1.29 is 14.6 Å². The van der Waals surface area contributed by atoms with Gasteiger partial charge in [-0.25, -0.2) is 4.79 Å². The van der Waals surface area contributed by atoms with E-state index in [1.165, 1.54) is 0 Å². The first-order valence-corrected chi connectivity index (χ1v) is 7.28. The zero-order valence-electron chi connectivity index (χ0n) is 12.6. The molecular formula is C18H18N2O3. The molecule has 0 bridgehead atoms. The van der Waals surface area contributed by atoms with Crippen molar-refractivity contribution in [3.05, 3.63) is 71.8 Å². The summed E-state index contributed by atoms with van der Waals surface area (Å²) in [7, 11) is 0. The number of benzene rings is 2.